The van der Waals surface area contributed by atoms with E-state index in [1.165, 1.54) is 12.8 Å². The molecular formula is C9H15N3O. The SMILES string of the molecule is c1cc(CNC2CCCOC2)[nH]n1. The first-order valence-electron chi connectivity index (χ1n) is 4.74. The van der Waals surface area contributed by atoms with E-state index in [0.29, 0.717) is 6.04 Å². The van der Waals surface area contributed by atoms with Gasteiger partial charge >= 0.3 is 0 Å². The fraction of sp³-hybridized carbons (Fsp3) is 0.667. The predicted octanol–water partition coefficient (Wildman–Crippen LogP) is 0.678. The zero-order chi connectivity index (χ0) is 8.93. The zero-order valence-corrected chi connectivity index (χ0v) is 7.62. The van der Waals surface area contributed by atoms with Crippen LogP contribution in [0.5, 0.6) is 0 Å². The van der Waals surface area contributed by atoms with Crippen molar-refractivity contribution in [1.82, 2.24) is 15.5 Å². The monoisotopic (exact) mass is 181 g/mol. The van der Waals surface area contributed by atoms with Crippen LogP contribution in [0.1, 0.15) is 18.5 Å². The summed E-state index contributed by atoms with van der Waals surface area (Å²) in [5.41, 5.74) is 1.13. The van der Waals surface area contributed by atoms with E-state index in [2.05, 4.69) is 15.5 Å². The van der Waals surface area contributed by atoms with Crippen LogP contribution in [0, 0.1) is 0 Å². The number of hydrogen-bond donors (Lipinski definition) is 2. The molecule has 2 heterocycles. The van der Waals surface area contributed by atoms with E-state index in [1.54, 1.807) is 6.20 Å². The summed E-state index contributed by atoms with van der Waals surface area (Å²) < 4.78 is 5.36. The molecule has 0 radical (unpaired) electrons. The molecule has 0 spiro atoms. The third-order valence-electron chi connectivity index (χ3n) is 2.30. The summed E-state index contributed by atoms with van der Waals surface area (Å²) >= 11 is 0. The highest BCUT2D eigenvalue weighted by Gasteiger charge is 2.12. The van der Waals surface area contributed by atoms with Gasteiger partial charge in [-0.25, -0.2) is 0 Å². The molecule has 2 N–H and O–H groups in total. The van der Waals surface area contributed by atoms with E-state index in [4.69, 9.17) is 4.74 Å². The Kier molecular flexibility index (Phi) is 2.94. The molecule has 1 atom stereocenters. The lowest BCUT2D eigenvalue weighted by atomic mass is 10.1. The molecule has 13 heavy (non-hydrogen) atoms. The highest BCUT2D eigenvalue weighted by Crippen LogP contribution is 2.06. The van der Waals surface area contributed by atoms with Crippen molar-refractivity contribution in [3.8, 4) is 0 Å². The Bertz CT molecular complexity index is 229. The second-order valence-electron chi connectivity index (χ2n) is 3.38. The maximum Gasteiger partial charge on any atom is 0.0619 e. The molecule has 1 aliphatic heterocycles. The number of aromatic amines is 1. The molecule has 1 aliphatic rings. The van der Waals surface area contributed by atoms with Gasteiger partial charge in [-0.15, -0.1) is 0 Å². The van der Waals surface area contributed by atoms with E-state index in [9.17, 15) is 0 Å². The van der Waals surface area contributed by atoms with Crippen molar-refractivity contribution in [2.45, 2.75) is 25.4 Å². The van der Waals surface area contributed by atoms with Crippen LogP contribution in [0.2, 0.25) is 0 Å². The maximum absolute atomic E-state index is 5.36. The molecule has 72 valence electrons. The third kappa shape index (κ3) is 2.54. The maximum atomic E-state index is 5.36. The van der Waals surface area contributed by atoms with Gasteiger partial charge in [0.1, 0.15) is 0 Å². The van der Waals surface area contributed by atoms with Crippen molar-refractivity contribution in [2.24, 2.45) is 0 Å². The Morgan fingerprint density at radius 1 is 1.69 bits per heavy atom. The highest BCUT2D eigenvalue weighted by molar-refractivity contribution is 4.97. The van der Waals surface area contributed by atoms with Gasteiger partial charge in [0.05, 0.1) is 6.61 Å². The molecule has 0 amide bonds. The summed E-state index contributed by atoms with van der Waals surface area (Å²) in [4.78, 5) is 0. The number of H-pyrrole nitrogens is 1. The predicted molar refractivity (Wildman–Crippen MR) is 49.3 cm³/mol. The van der Waals surface area contributed by atoms with Crippen molar-refractivity contribution in [3.05, 3.63) is 18.0 Å². The van der Waals surface area contributed by atoms with Crippen molar-refractivity contribution in [3.63, 3.8) is 0 Å². The summed E-state index contributed by atoms with van der Waals surface area (Å²) in [6.45, 7) is 2.62. The second kappa shape index (κ2) is 4.39. The number of nitrogens with zero attached hydrogens (tertiary/aromatic N) is 1. The molecular weight excluding hydrogens is 166 g/mol. The van der Waals surface area contributed by atoms with Gasteiger partial charge in [-0.2, -0.15) is 5.10 Å². The summed E-state index contributed by atoms with van der Waals surface area (Å²) in [6, 6.07) is 2.49. The summed E-state index contributed by atoms with van der Waals surface area (Å²) in [7, 11) is 0. The Balaban J connectivity index is 1.72. The lowest BCUT2D eigenvalue weighted by Crippen LogP contribution is -2.36. The van der Waals surface area contributed by atoms with Crippen molar-refractivity contribution in [1.29, 1.82) is 0 Å². The summed E-state index contributed by atoms with van der Waals surface area (Å²) in [6.07, 6.45) is 4.16. The van der Waals surface area contributed by atoms with Gasteiger partial charge < -0.3 is 10.1 Å². The minimum atomic E-state index is 0.511. The van der Waals surface area contributed by atoms with E-state index >= 15 is 0 Å². The van der Waals surface area contributed by atoms with Crippen LogP contribution in [0.4, 0.5) is 0 Å². The van der Waals surface area contributed by atoms with Crippen molar-refractivity contribution in [2.75, 3.05) is 13.2 Å². The standard InChI is InChI=1S/C9H15N3O/c1-2-9(7-13-5-1)10-6-8-3-4-11-12-8/h3-4,9-10H,1-2,5-7H2,(H,11,12). The molecule has 2 rings (SSSR count). The average molecular weight is 181 g/mol. The quantitative estimate of drug-likeness (QED) is 0.721. The van der Waals surface area contributed by atoms with Gasteiger partial charge in [-0.3, -0.25) is 5.10 Å². The number of nitrogens with one attached hydrogen (secondary N) is 2. The molecule has 1 unspecified atom stereocenters. The molecule has 1 aromatic rings. The number of hydrogen-bond acceptors (Lipinski definition) is 3. The Hall–Kier alpha value is -0.870. The zero-order valence-electron chi connectivity index (χ0n) is 7.62. The van der Waals surface area contributed by atoms with Gasteiger partial charge in [0.2, 0.25) is 0 Å². The minimum absolute atomic E-state index is 0.511. The second-order valence-corrected chi connectivity index (χ2v) is 3.38. The lowest BCUT2D eigenvalue weighted by Gasteiger charge is -2.22. The first-order valence-corrected chi connectivity index (χ1v) is 4.74. The number of aromatic nitrogens is 2. The van der Waals surface area contributed by atoms with Crippen LogP contribution in [-0.4, -0.2) is 29.5 Å². The fourth-order valence-electron chi connectivity index (χ4n) is 1.54. The Morgan fingerprint density at radius 3 is 3.38 bits per heavy atom. The van der Waals surface area contributed by atoms with Crippen LogP contribution in [0.15, 0.2) is 12.3 Å². The van der Waals surface area contributed by atoms with Crippen LogP contribution in [0.3, 0.4) is 0 Å². The molecule has 1 fully saturated rings. The molecule has 0 saturated carbocycles. The van der Waals surface area contributed by atoms with Gasteiger partial charge in [0, 0.05) is 31.1 Å². The van der Waals surface area contributed by atoms with Crippen LogP contribution >= 0.6 is 0 Å². The third-order valence-corrected chi connectivity index (χ3v) is 2.30. The van der Waals surface area contributed by atoms with Crippen molar-refractivity contribution >= 4 is 0 Å². The first kappa shape index (κ1) is 8.72. The topological polar surface area (TPSA) is 49.9 Å². The molecule has 0 aromatic carbocycles. The van der Waals surface area contributed by atoms with Crippen LogP contribution < -0.4 is 5.32 Å². The number of rotatable bonds is 3. The largest absolute Gasteiger partial charge is 0.380 e. The fourth-order valence-corrected chi connectivity index (χ4v) is 1.54. The van der Waals surface area contributed by atoms with E-state index < -0.39 is 0 Å². The highest BCUT2D eigenvalue weighted by atomic mass is 16.5. The van der Waals surface area contributed by atoms with E-state index in [1.807, 2.05) is 6.07 Å². The molecule has 0 bridgehead atoms. The van der Waals surface area contributed by atoms with Crippen LogP contribution in [-0.2, 0) is 11.3 Å². The van der Waals surface area contributed by atoms with Gasteiger partial charge in [-0.1, -0.05) is 0 Å². The smallest absolute Gasteiger partial charge is 0.0619 e. The molecule has 0 aliphatic carbocycles. The van der Waals surface area contributed by atoms with E-state index in [0.717, 1.165) is 25.5 Å². The molecule has 1 saturated heterocycles. The number of ether oxygens (including phenoxy) is 1. The van der Waals surface area contributed by atoms with E-state index in [-0.39, 0.29) is 0 Å². The molecule has 1 aromatic heterocycles. The average Bonchev–Trinajstić information content (AvgIpc) is 2.69. The van der Waals surface area contributed by atoms with Crippen LogP contribution in [0.25, 0.3) is 0 Å². The Labute approximate surface area is 77.7 Å². The van der Waals surface area contributed by atoms with Crippen molar-refractivity contribution < 1.29 is 4.74 Å². The summed E-state index contributed by atoms with van der Waals surface area (Å²) in [5.74, 6) is 0. The lowest BCUT2D eigenvalue weighted by molar-refractivity contribution is 0.0698. The first-order chi connectivity index (χ1) is 6.45. The van der Waals surface area contributed by atoms with Gasteiger partial charge in [0.15, 0.2) is 0 Å². The normalized spacial score (nSPS) is 23.2. The summed E-state index contributed by atoms with van der Waals surface area (Å²) in [5, 5.41) is 10.2. The molecule has 4 nitrogen and oxygen atoms in total. The van der Waals surface area contributed by atoms with Gasteiger partial charge in [0.25, 0.3) is 0 Å². The van der Waals surface area contributed by atoms with Gasteiger partial charge in [-0.05, 0) is 18.9 Å². The molecule has 4 heteroatoms. The Morgan fingerprint density at radius 2 is 2.69 bits per heavy atom. The minimum Gasteiger partial charge on any atom is -0.380 e.